The fourth-order valence-corrected chi connectivity index (χ4v) is 2.73. The number of hydrazine groups is 1. The highest BCUT2D eigenvalue weighted by Gasteiger charge is 2.09. The third-order valence-corrected chi connectivity index (χ3v) is 4.42. The third kappa shape index (κ3) is 6.33. The molecule has 2 aromatic carbocycles. The van der Waals surface area contributed by atoms with Gasteiger partial charge in [0.1, 0.15) is 0 Å². The normalized spacial score (nSPS) is 10.1. The zero-order valence-electron chi connectivity index (χ0n) is 15.0. The number of amides is 2. The number of benzene rings is 2. The highest BCUT2D eigenvalue weighted by atomic mass is 32.2. The molecule has 0 heterocycles. The Morgan fingerprint density at radius 2 is 1.58 bits per heavy atom. The lowest BCUT2D eigenvalue weighted by Gasteiger charge is -2.12. The van der Waals surface area contributed by atoms with Gasteiger partial charge >= 0.3 is 0 Å². The monoisotopic (exact) mass is 374 g/mol. The summed E-state index contributed by atoms with van der Waals surface area (Å²) >= 11 is 1.39. The molecule has 6 nitrogen and oxygen atoms in total. The molecule has 0 aliphatic rings. The van der Waals surface area contributed by atoms with E-state index in [9.17, 15) is 9.59 Å². The molecule has 2 N–H and O–H groups in total. The summed E-state index contributed by atoms with van der Waals surface area (Å²) in [5, 5.41) is 0. The number of rotatable bonds is 7. The minimum atomic E-state index is -0.457. The van der Waals surface area contributed by atoms with Crippen molar-refractivity contribution in [2.45, 2.75) is 18.7 Å². The van der Waals surface area contributed by atoms with Crippen molar-refractivity contribution in [2.24, 2.45) is 0 Å². The topological polar surface area (TPSA) is 76.7 Å². The molecule has 2 amide bonds. The third-order valence-electron chi connectivity index (χ3n) is 3.41. The molecule has 7 heteroatoms. The summed E-state index contributed by atoms with van der Waals surface area (Å²) in [4.78, 5) is 24.6. The Balaban J connectivity index is 1.71. The first-order chi connectivity index (χ1) is 12.5. The molecule has 0 aliphatic heterocycles. The molecule has 0 saturated carbocycles. The average Bonchev–Trinajstić information content (AvgIpc) is 2.64. The number of thioether (sulfide) groups is 1. The summed E-state index contributed by atoms with van der Waals surface area (Å²) in [5.41, 5.74) is 6.88. The van der Waals surface area contributed by atoms with Gasteiger partial charge in [-0.1, -0.05) is 23.8 Å². The van der Waals surface area contributed by atoms with E-state index in [1.54, 1.807) is 6.07 Å². The van der Waals surface area contributed by atoms with Crippen LogP contribution in [0, 0.1) is 13.8 Å². The van der Waals surface area contributed by atoms with Crippen LogP contribution in [0.25, 0.3) is 0 Å². The van der Waals surface area contributed by atoms with E-state index in [0.29, 0.717) is 11.5 Å². The minimum Gasteiger partial charge on any atom is -0.493 e. The van der Waals surface area contributed by atoms with E-state index in [1.807, 2.05) is 50.2 Å². The fraction of sp³-hybridized carbons (Fsp3) is 0.263. The van der Waals surface area contributed by atoms with Crippen LogP contribution >= 0.6 is 11.8 Å². The molecule has 2 rings (SSSR count). The van der Waals surface area contributed by atoms with E-state index in [2.05, 4.69) is 10.9 Å². The van der Waals surface area contributed by atoms with Crippen LogP contribution < -0.4 is 20.3 Å². The second-order valence-electron chi connectivity index (χ2n) is 5.64. The van der Waals surface area contributed by atoms with Gasteiger partial charge in [0.25, 0.3) is 5.91 Å². The maximum Gasteiger partial charge on any atom is 0.276 e. The number of aryl methyl sites for hydroxylation is 2. The number of nitrogens with one attached hydrogen (secondary N) is 2. The first-order valence-electron chi connectivity index (χ1n) is 8.02. The Morgan fingerprint density at radius 3 is 2.27 bits per heavy atom. The van der Waals surface area contributed by atoms with Crippen molar-refractivity contribution < 1.29 is 19.1 Å². The summed E-state index contributed by atoms with van der Waals surface area (Å²) in [6, 6.07) is 13.3. The first-order valence-corrected chi connectivity index (χ1v) is 9.01. The van der Waals surface area contributed by atoms with Gasteiger partial charge in [-0.2, -0.15) is 0 Å². The maximum absolute atomic E-state index is 11.8. The van der Waals surface area contributed by atoms with Gasteiger partial charge in [0.15, 0.2) is 18.1 Å². The molecule has 0 bridgehead atoms. The van der Waals surface area contributed by atoms with Crippen molar-refractivity contribution in [1.29, 1.82) is 0 Å². The number of hydrogen-bond acceptors (Lipinski definition) is 5. The van der Waals surface area contributed by atoms with E-state index in [-0.39, 0.29) is 18.3 Å². The van der Waals surface area contributed by atoms with E-state index >= 15 is 0 Å². The quantitative estimate of drug-likeness (QED) is 0.576. The van der Waals surface area contributed by atoms with Crippen LogP contribution in [0.5, 0.6) is 11.5 Å². The largest absolute Gasteiger partial charge is 0.493 e. The highest BCUT2D eigenvalue weighted by Crippen LogP contribution is 2.27. The molecular weight excluding hydrogens is 352 g/mol. The molecule has 138 valence electrons. The second-order valence-corrected chi connectivity index (χ2v) is 6.69. The van der Waals surface area contributed by atoms with Crippen LogP contribution in [-0.2, 0) is 9.59 Å². The number of methoxy groups -OCH3 is 1. The summed E-state index contributed by atoms with van der Waals surface area (Å²) in [7, 11) is 1.54. The van der Waals surface area contributed by atoms with Gasteiger partial charge < -0.3 is 9.47 Å². The van der Waals surface area contributed by atoms with Crippen molar-refractivity contribution in [3.8, 4) is 11.5 Å². The first kappa shape index (κ1) is 19.7. The van der Waals surface area contributed by atoms with Gasteiger partial charge in [0.05, 0.1) is 12.9 Å². The Labute approximate surface area is 157 Å². The molecule has 0 unspecified atom stereocenters. The average molecular weight is 374 g/mol. The smallest absolute Gasteiger partial charge is 0.276 e. The van der Waals surface area contributed by atoms with Gasteiger partial charge in [-0.3, -0.25) is 20.4 Å². The predicted molar refractivity (Wildman–Crippen MR) is 101 cm³/mol. The molecule has 0 fully saturated rings. The second kappa shape index (κ2) is 9.72. The molecule has 0 aromatic heterocycles. The number of hydrogen-bond donors (Lipinski definition) is 2. The fourth-order valence-electron chi connectivity index (χ4n) is 2.03. The number of carbonyl (C=O) groups is 2. The minimum absolute atomic E-state index is 0.204. The van der Waals surface area contributed by atoms with Crippen molar-refractivity contribution in [3.63, 3.8) is 0 Å². The molecule has 0 radical (unpaired) electrons. The van der Waals surface area contributed by atoms with Crippen LogP contribution in [0.4, 0.5) is 0 Å². The van der Waals surface area contributed by atoms with Crippen molar-refractivity contribution >= 4 is 23.6 Å². The lowest BCUT2D eigenvalue weighted by molar-refractivity contribution is -0.128. The lowest BCUT2D eigenvalue weighted by atomic mass is 10.2. The van der Waals surface area contributed by atoms with Gasteiger partial charge in [0.2, 0.25) is 5.91 Å². The Hall–Kier alpha value is -2.67. The Morgan fingerprint density at radius 1 is 0.923 bits per heavy atom. The molecule has 2 aromatic rings. The van der Waals surface area contributed by atoms with Crippen molar-refractivity contribution in [1.82, 2.24) is 10.9 Å². The highest BCUT2D eigenvalue weighted by molar-refractivity contribution is 8.00. The van der Waals surface area contributed by atoms with E-state index in [0.717, 1.165) is 16.0 Å². The summed E-state index contributed by atoms with van der Waals surface area (Å²) in [6.07, 6.45) is 0. The van der Waals surface area contributed by atoms with E-state index in [4.69, 9.17) is 9.47 Å². The van der Waals surface area contributed by atoms with Crippen LogP contribution in [0.1, 0.15) is 11.1 Å². The standard InChI is InChI=1S/C19H22N2O4S/c1-13-4-7-15(8-5-13)26-12-19(23)21-20-18(22)11-25-16-9-6-14(2)10-17(16)24-3/h4-10H,11-12H2,1-3H3,(H,20,22)(H,21,23). The predicted octanol–water partition coefficient (Wildman–Crippen LogP) is 2.63. The lowest BCUT2D eigenvalue weighted by Crippen LogP contribution is -2.44. The zero-order valence-corrected chi connectivity index (χ0v) is 15.8. The van der Waals surface area contributed by atoms with Crippen LogP contribution in [0.15, 0.2) is 47.4 Å². The SMILES string of the molecule is COc1cc(C)ccc1OCC(=O)NNC(=O)CSc1ccc(C)cc1. The van der Waals surface area contributed by atoms with Gasteiger partial charge in [0, 0.05) is 4.90 Å². The summed E-state index contributed by atoms with van der Waals surface area (Å²) in [6.45, 7) is 3.71. The van der Waals surface area contributed by atoms with Crippen molar-refractivity contribution in [3.05, 3.63) is 53.6 Å². The molecule has 0 aliphatic carbocycles. The van der Waals surface area contributed by atoms with E-state index < -0.39 is 5.91 Å². The molecule has 26 heavy (non-hydrogen) atoms. The Bertz CT molecular complexity index is 763. The van der Waals surface area contributed by atoms with Crippen molar-refractivity contribution in [2.75, 3.05) is 19.5 Å². The van der Waals surface area contributed by atoms with Gasteiger partial charge in [-0.25, -0.2) is 0 Å². The summed E-state index contributed by atoms with van der Waals surface area (Å²) < 4.78 is 10.6. The zero-order chi connectivity index (χ0) is 18.9. The molecule has 0 atom stereocenters. The van der Waals surface area contributed by atoms with Gasteiger partial charge in [-0.15, -0.1) is 11.8 Å². The van der Waals surface area contributed by atoms with Gasteiger partial charge in [-0.05, 0) is 43.7 Å². The molecule has 0 spiro atoms. The molecule has 0 saturated heterocycles. The van der Waals surface area contributed by atoms with Crippen LogP contribution in [0.2, 0.25) is 0 Å². The van der Waals surface area contributed by atoms with Crippen LogP contribution in [-0.4, -0.2) is 31.3 Å². The summed E-state index contributed by atoms with van der Waals surface area (Å²) in [5.74, 6) is 0.472. The van der Waals surface area contributed by atoms with E-state index in [1.165, 1.54) is 18.9 Å². The molecular formula is C19H22N2O4S. The number of carbonyl (C=O) groups excluding carboxylic acids is 2. The van der Waals surface area contributed by atoms with Crippen LogP contribution in [0.3, 0.4) is 0 Å². The maximum atomic E-state index is 11.8. The Kier molecular flexibility index (Phi) is 7.35. The number of ether oxygens (including phenoxy) is 2.